The number of hydrogen-bond donors (Lipinski definition) is 0. The molecule has 3 nitrogen and oxygen atoms in total. The van der Waals surface area contributed by atoms with Crippen LogP contribution in [0.4, 0.5) is 8.78 Å². The molecule has 15 heavy (non-hydrogen) atoms. The summed E-state index contributed by atoms with van der Waals surface area (Å²) in [7, 11) is -2.66. The molecule has 0 N–H and O–H groups in total. The molecule has 1 aromatic heterocycles. The van der Waals surface area contributed by atoms with Gasteiger partial charge >= 0.3 is 0 Å². The first-order chi connectivity index (χ1) is 6.85. The molecule has 0 saturated carbocycles. The van der Waals surface area contributed by atoms with E-state index in [1.807, 2.05) is 0 Å². The van der Waals surface area contributed by atoms with E-state index in [1.54, 1.807) is 11.4 Å². The van der Waals surface area contributed by atoms with Crippen molar-refractivity contribution in [3.63, 3.8) is 0 Å². The van der Waals surface area contributed by atoms with Crippen molar-refractivity contribution in [2.75, 3.05) is 13.6 Å². The maximum Gasteiger partial charge on any atom is 0.253 e. The van der Waals surface area contributed by atoms with Gasteiger partial charge < -0.3 is 0 Å². The van der Waals surface area contributed by atoms with Crippen molar-refractivity contribution in [2.24, 2.45) is 0 Å². The summed E-state index contributed by atoms with van der Waals surface area (Å²) in [4.78, 5) is 0. The van der Waals surface area contributed by atoms with E-state index in [9.17, 15) is 17.2 Å². The van der Waals surface area contributed by atoms with Gasteiger partial charge in [-0.15, -0.1) is 11.3 Å². The van der Waals surface area contributed by atoms with Crippen molar-refractivity contribution >= 4 is 37.3 Å². The average Bonchev–Trinajstić information content (AvgIpc) is 2.50. The highest BCUT2D eigenvalue weighted by atomic mass is 79.9. The quantitative estimate of drug-likeness (QED) is 0.854. The van der Waals surface area contributed by atoms with Crippen molar-refractivity contribution < 1.29 is 17.2 Å². The first-order valence-electron chi connectivity index (χ1n) is 3.83. The minimum absolute atomic E-state index is 0.0469. The zero-order valence-electron chi connectivity index (χ0n) is 7.65. The summed E-state index contributed by atoms with van der Waals surface area (Å²) in [6.07, 6.45) is -2.68. The molecule has 0 atom stereocenters. The predicted molar refractivity (Wildman–Crippen MR) is 57.8 cm³/mol. The van der Waals surface area contributed by atoms with E-state index >= 15 is 0 Å². The highest BCUT2D eigenvalue weighted by Gasteiger charge is 2.26. The largest absolute Gasteiger partial charge is 0.253 e. The number of alkyl halides is 2. The zero-order chi connectivity index (χ0) is 11.6. The van der Waals surface area contributed by atoms with Crippen molar-refractivity contribution in [1.82, 2.24) is 4.31 Å². The van der Waals surface area contributed by atoms with Gasteiger partial charge in [-0.05, 0) is 27.4 Å². The number of halogens is 3. The van der Waals surface area contributed by atoms with E-state index in [4.69, 9.17) is 0 Å². The first-order valence-corrected chi connectivity index (χ1v) is 6.94. The molecule has 0 spiro atoms. The minimum Gasteiger partial charge on any atom is -0.209 e. The van der Waals surface area contributed by atoms with Crippen molar-refractivity contribution in [2.45, 2.75) is 10.6 Å². The topological polar surface area (TPSA) is 37.4 Å². The Balaban J connectivity index is 2.99. The van der Waals surface area contributed by atoms with Crippen LogP contribution in [0.2, 0.25) is 0 Å². The summed E-state index contributed by atoms with van der Waals surface area (Å²) in [5.41, 5.74) is 0. The second-order valence-electron chi connectivity index (χ2n) is 2.73. The van der Waals surface area contributed by atoms with Crippen LogP contribution >= 0.6 is 27.3 Å². The van der Waals surface area contributed by atoms with Crippen LogP contribution < -0.4 is 0 Å². The third kappa shape index (κ3) is 2.96. The molecule has 0 amide bonds. The normalized spacial score (nSPS) is 12.7. The van der Waals surface area contributed by atoms with E-state index in [-0.39, 0.29) is 4.21 Å². The molecule has 0 aromatic carbocycles. The van der Waals surface area contributed by atoms with Crippen molar-refractivity contribution in [3.8, 4) is 0 Å². The van der Waals surface area contributed by atoms with Gasteiger partial charge in [0.1, 0.15) is 4.21 Å². The molecule has 8 heteroatoms. The van der Waals surface area contributed by atoms with Gasteiger partial charge in [-0.1, -0.05) is 0 Å². The van der Waals surface area contributed by atoms with Crippen LogP contribution in [0.5, 0.6) is 0 Å². The third-order valence-corrected chi connectivity index (χ3v) is 6.09. The monoisotopic (exact) mass is 319 g/mol. The first kappa shape index (κ1) is 13.0. The fourth-order valence-corrected chi connectivity index (χ4v) is 4.55. The van der Waals surface area contributed by atoms with Crippen molar-refractivity contribution in [3.05, 3.63) is 15.9 Å². The van der Waals surface area contributed by atoms with E-state index in [2.05, 4.69) is 15.9 Å². The summed E-state index contributed by atoms with van der Waals surface area (Å²) in [5, 5.41) is 1.58. The van der Waals surface area contributed by atoms with E-state index in [1.165, 1.54) is 0 Å². The van der Waals surface area contributed by atoms with Gasteiger partial charge in [-0.3, -0.25) is 0 Å². The number of thiophene rings is 1. The lowest BCUT2D eigenvalue weighted by atomic mass is 10.7. The summed E-state index contributed by atoms with van der Waals surface area (Å²) in [5.74, 6) is 0. The minimum atomic E-state index is -3.80. The molecule has 1 heterocycles. The Labute approximate surface area is 98.9 Å². The van der Waals surface area contributed by atoms with Crippen LogP contribution in [0, 0.1) is 0 Å². The molecule has 0 aliphatic carbocycles. The molecule has 0 fully saturated rings. The Morgan fingerprint density at radius 3 is 2.60 bits per heavy atom. The number of sulfonamides is 1. The highest BCUT2D eigenvalue weighted by Crippen LogP contribution is 2.29. The van der Waals surface area contributed by atoms with Gasteiger partial charge in [0, 0.05) is 11.5 Å². The zero-order valence-corrected chi connectivity index (χ0v) is 10.9. The fraction of sp³-hybridized carbons (Fsp3) is 0.429. The third-order valence-electron chi connectivity index (χ3n) is 1.62. The van der Waals surface area contributed by atoms with Gasteiger partial charge in [0.15, 0.2) is 0 Å². The molecule has 1 rings (SSSR count). The van der Waals surface area contributed by atoms with Gasteiger partial charge in [-0.2, -0.15) is 4.31 Å². The molecule has 0 aliphatic heterocycles. The summed E-state index contributed by atoms with van der Waals surface area (Å²) in [6.45, 7) is -0.799. The second-order valence-corrected chi connectivity index (χ2v) is 6.74. The molecule has 0 bridgehead atoms. The Bertz CT molecular complexity index is 432. The van der Waals surface area contributed by atoms with E-state index in [0.29, 0.717) is 8.78 Å². The van der Waals surface area contributed by atoms with Crippen LogP contribution in [0.1, 0.15) is 0 Å². The molecule has 0 unspecified atom stereocenters. The van der Waals surface area contributed by atoms with Crippen LogP contribution in [0.25, 0.3) is 0 Å². The SMILES string of the molecule is CN(CC(F)F)S(=O)(=O)c1sccc1Br. The average molecular weight is 320 g/mol. The molecule has 0 aliphatic rings. The van der Waals surface area contributed by atoms with Crippen molar-refractivity contribution in [1.29, 1.82) is 0 Å². The molecular formula is C7H8BrF2NO2S2. The van der Waals surface area contributed by atoms with Crippen LogP contribution in [0.15, 0.2) is 20.1 Å². The lowest BCUT2D eigenvalue weighted by Crippen LogP contribution is -2.31. The maximum atomic E-state index is 12.0. The Morgan fingerprint density at radius 2 is 2.20 bits per heavy atom. The number of hydrogen-bond acceptors (Lipinski definition) is 3. The van der Waals surface area contributed by atoms with Crippen LogP contribution in [0.3, 0.4) is 0 Å². The predicted octanol–water partition coefficient (Wildman–Crippen LogP) is 2.40. The second kappa shape index (κ2) is 4.86. The van der Waals surface area contributed by atoms with Crippen LogP contribution in [-0.4, -0.2) is 32.7 Å². The smallest absolute Gasteiger partial charge is 0.209 e. The molecule has 86 valence electrons. The summed E-state index contributed by atoms with van der Waals surface area (Å²) >= 11 is 4.04. The highest BCUT2D eigenvalue weighted by molar-refractivity contribution is 9.10. The van der Waals surface area contributed by atoms with Gasteiger partial charge in [0.05, 0.1) is 6.54 Å². The number of nitrogens with zero attached hydrogens (tertiary/aromatic N) is 1. The Kier molecular flexibility index (Phi) is 4.21. The van der Waals surface area contributed by atoms with Crippen LogP contribution in [-0.2, 0) is 10.0 Å². The lowest BCUT2D eigenvalue weighted by molar-refractivity contribution is 0.126. The van der Waals surface area contributed by atoms with Gasteiger partial charge in [-0.25, -0.2) is 17.2 Å². The fourth-order valence-electron chi connectivity index (χ4n) is 0.898. The summed E-state index contributed by atoms with van der Waals surface area (Å²) < 4.78 is 48.6. The van der Waals surface area contributed by atoms with Gasteiger partial charge in [0.2, 0.25) is 0 Å². The molecule has 0 radical (unpaired) electrons. The van der Waals surface area contributed by atoms with E-state index < -0.39 is 23.0 Å². The molecule has 1 aromatic rings. The van der Waals surface area contributed by atoms with E-state index in [0.717, 1.165) is 18.4 Å². The Morgan fingerprint density at radius 1 is 1.60 bits per heavy atom. The number of rotatable bonds is 4. The van der Waals surface area contributed by atoms with Gasteiger partial charge in [0.25, 0.3) is 16.4 Å². The lowest BCUT2D eigenvalue weighted by Gasteiger charge is -2.15. The Hall–Kier alpha value is -0.0500. The standard InChI is InChI=1S/C7H8BrF2NO2S2/c1-11(4-6(9)10)15(12,13)7-5(8)2-3-14-7/h2-3,6H,4H2,1H3. The molecular weight excluding hydrogens is 312 g/mol. The molecule has 0 saturated heterocycles. The maximum absolute atomic E-state index is 12.0. The summed E-state index contributed by atoms with van der Waals surface area (Å²) in [6, 6.07) is 1.56.